The Morgan fingerprint density at radius 3 is 2.60 bits per heavy atom. The molecule has 5 nitrogen and oxygen atoms in total. The second-order valence-corrected chi connectivity index (χ2v) is 4.31. The fourth-order valence-corrected chi connectivity index (χ4v) is 1.58. The average molecular weight is 300 g/mol. The molecule has 2 amide bonds. The number of anilines is 1. The Morgan fingerprint density at radius 2 is 2.00 bits per heavy atom. The highest BCUT2D eigenvalue weighted by Gasteiger charge is 2.11. The number of hydrogen-bond acceptors (Lipinski definition) is 3. The van der Waals surface area contributed by atoms with Gasteiger partial charge in [0.05, 0.1) is 0 Å². The van der Waals surface area contributed by atoms with Crippen LogP contribution in [0.2, 0.25) is 0 Å². The van der Waals surface area contributed by atoms with Gasteiger partial charge in [-0.2, -0.15) is 0 Å². The van der Waals surface area contributed by atoms with Gasteiger partial charge in [-0.1, -0.05) is 13.0 Å². The van der Waals surface area contributed by atoms with Gasteiger partial charge in [-0.3, -0.25) is 9.59 Å². The predicted octanol–water partition coefficient (Wildman–Crippen LogP) is 1.75. The minimum atomic E-state index is -0.0619. The first-order valence-electron chi connectivity index (χ1n) is 6.38. The molecule has 0 aliphatic rings. The van der Waals surface area contributed by atoms with Gasteiger partial charge in [0.15, 0.2) is 0 Å². The summed E-state index contributed by atoms with van der Waals surface area (Å²) in [7, 11) is 3.61. The van der Waals surface area contributed by atoms with Crippen LogP contribution in [0, 0.1) is 0 Å². The van der Waals surface area contributed by atoms with E-state index in [1.165, 1.54) is 0 Å². The molecule has 0 bridgehead atoms. The molecule has 0 saturated carbocycles. The molecule has 0 atom stereocenters. The van der Waals surface area contributed by atoms with E-state index in [1.807, 2.05) is 7.05 Å². The molecule has 1 aromatic rings. The van der Waals surface area contributed by atoms with Crippen LogP contribution in [0.1, 0.15) is 23.7 Å². The fraction of sp³-hybridized carbons (Fsp3) is 0.429. The second-order valence-electron chi connectivity index (χ2n) is 4.31. The maximum atomic E-state index is 12.1. The Hall–Kier alpha value is -1.59. The summed E-state index contributed by atoms with van der Waals surface area (Å²) in [6.45, 7) is 3.17. The van der Waals surface area contributed by atoms with Crippen molar-refractivity contribution in [3.05, 3.63) is 29.8 Å². The summed E-state index contributed by atoms with van der Waals surface area (Å²) < 4.78 is 0. The predicted molar refractivity (Wildman–Crippen MR) is 83.5 cm³/mol. The van der Waals surface area contributed by atoms with E-state index < -0.39 is 0 Å². The van der Waals surface area contributed by atoms with Crippen LogP contribution < -0.4 is 10.6 Å². The van der Waals surface area contributed by atoms with Crippen molar-refractivity contribution in [2.75, 3.05) is 32.5 Å². The van der Waals surface area contributed by atoms with Crippen LogP contribution in [0.5, 0.6) is 0 Å². The number of halogens is 1. The quantitative estimate of drug-likeness (QED) is 0.841. The van der Waals surface area contributed by atoms with Crippen molar-refractivity contribution in [3.63, 3.8) is 0 Å². The van der Waals surface area contributed by atoms with Crippen LogP contribution in [-0.2, 0) is 4.79 Å². The first kappa shape index (κ1) is 18.4. The van der Waals surface area contributed by atoms with Crippen LogP contribution in [0.25, 0.3) is 0 Å². The lowest BCUT2D eigenvalue weighted by atomic mass is 10.1. The monoisotopic (exact) mass is 299 g/mol. The molecule has 0 aliphatic heterocycles. The van der Waals surface area contributed by atoms with Gasteiger partial charge in [0.2, 0.25) is 5.91 Å². The van der Waals surface area contributed by atoms with E-state index in [2.05, 4.69) is 10.6 Å². The number of carbonyl (C=O) groups is 2. The minimum absolute atomic E-state index is 0. The number of rotatable bonds is 6. The Kier molecular flexibility index (Phi) is 8.59. The van der Waals surface area contributed by atoms with Gasteiger partial charge in [0, 0.05) is 37.8 Å². The van der Waals surface area contributed by atoms with Crippen LogP contribution in [0.4, 0.5) is 5.69 Å². The lowest BCUT2D eigenvalue weighted by Crippen LogP contribution is -2.32. The van der Waals surface area contributed by atoms with Crippen molar-refractivity contribution in [1.29, 1.82) is 0 Å². The smallest absolute Gasteiger partial charge is 0.253 e. The average Bonchev–Trinajstić information content (AvgIpc) is 2.44. The van der Waals surface area contributed by atoms with Crippen LogP contribution >= 0.6 is 12.4 Å². The number of carbonyl (C=O) groups excluding carboxylic acids is 2. The molecule has 0 unspecified atom stereocenters. The Morgan fingerprint density at radius 1 is 1.30 bits per heavy atom. The highest BCUT2D eigenvalue weighted by atomic mass is 35.5. The van der Waals surface area contributed by atoms with Crippen molar-refractivity contribution >= 4 is 29.9 Å². The first-order valence-corrected chi connectivity index (χ1v) is 6.38. The van der Waals surface area contributed by atoms with Gasteiger partial charge in [0.25, 0.3) is 5.91 Å². The van der Waals surface area contributed by atoms with Gasteiger partial charge in [-0.05, 0) is 25.2 Å². The summed E-state index contributed by atoms with van der Waals surface area (Å²) in [5, 5.41) is 5.75. The van der Waals surface area contributed by atoms with E-state index in [0.29, 0.717) is 24.2 Å². The molecule has 112 valence electrons. The lowest BCUT2D eigenvalue weighted by molar-refractivity contribution is -0.115. The van der Waals surface area contributed by atoms with E-state index in [9.17, 15) is 9.59 Å². The molecule has 1 rings (SSSR count). The molecule has 6 heteroatoms. The Bertz CT molecular complexity index is 452. The Labute approximate surface area is 126 Å². The lowest BCUT2D eigenvalue weighted by Gasteiger charge is -2.17. The van der Waals surface area contributed by atoms with E-state index >= 15 is 0 Å². The Balaban J connectivity index is 0.00000361. The van der Waals surface area contributed by atoms with E-state index in [1.54, 1.807) is 43.1 Å². The molecule has 0 saturated heterocycles. The SMILES string of the molecule is CCC(=O)Nc1cccc(C(=O)N(C)CCNC)c1.Cl. The molecule has 0 radical (unpaired) electrons. The highest BCUT2D eigenvalue weighted by molar-refractivity contribution is 5.97. The van der Waals surface area contributed by atoms with Crippen LogP contribution in [0.15, 0.2) is 24.3 Å². The van der Waals surface area contributed by atoms with Crippen molar-refractivity contribution in [2.24, 2.45) is 0 Å². The third-order valence-corrected chi connectivity index (χ3v) is 2.76. The van der Waals surface area contributed by atoms with Crippen molar-refractivity contribution in [1.82, 2.24) is 10.2 Å². The summed E-state index contributed by atoms with van der Waals surface area (Å²) in [5.74, 6) is -0.115. The molecule has 0 fully saturated rings. The number of benzene rings is 1. The molecule has 0 heterocycles. The van der Waals surface area contributed by atoms with Crippen molar-refractivity contribution < 1.29 is 9.59 Å². The summed E-state index contributed by atoms with van der Waals surface area (Å²) >= 11 is 0. The summed E-state index contributed by atoms with van der Waals surface area (Å²) in [5.41, 5.74) is 1.23. The van der Waals surface area contributed by atoms with Gasteiger partial charge >= 0.3 is 0 Å². The zero-order chi connectivity index (χ0) is 14.3. The molecule has 0 spiro atoms. The zero-order valence-electron chi connectivity index (χ0n) is 12.1. The maximum absolute atomic E-state index is 12.1. The van der Waals surface area contributed by atoms with E-state index in [4.69, 9.17) is 0 Å². The number of likely N-dealkylation sites (N-methyl/N-ethyl adjacent to an activating group) is 2. The van der Waals surface area contributed by atoms with Gasteiger partial charge in [0.1, 0.15) is 0 Å². The highest BCUT2D eigenvalue weighted by Crippen LogP contribution is 2.12. The van der Waals surface area contributed by atoms with Crippen LogP contribution in [0.3, 0.4) is 0 Å². The number of amides is 2. The fourth-order valence-electron chi connectivity index (χ4n) is 1.58. The summed E-state index contributed by atoms with van der Waals surface area (Å²) in [6.07, 6.45) is 0.417. The molecule has 1 aromatic carbocycles. The van der Waals surface area contributed by atoms with E-state index in [-0.39, 0.29) is 24.2 Å². The first-order chi connectivity index (χ1) is 9.08. The largest absolute Gasteiger partial charge is 0.340 e. The molecular formula is C14H22ClN3O2. The van der Waals surface area contributed by atoms with Crippen LogP contribution in [-0.4, -0.2) is 43.9 Å². The van der Waals surface area contributed by atoms with Gasteiger partial charge < -0.3 is 15.5 Å². The normalized spacial score (nSPS) is 9.55. The topological polar surface area (TPSA) is 61.4 Å². The molecule has 0 aromatic heterocycles. The number of nitrogens with one attached hydrogen (secondary N) is 2. The molecule has 20 heavy (non-hydrogen) atoms. The van der Waals surface area contributed by atoms with Crippen molar-refractivity contribution in [2.45, 2.75) is 13.3 Å². The zero-order valence-corrected chi connectivity index (χ0v) is 12.9. The molecule has 2 N–H and O–H groups in total. The van der Waals surface area contributed by atoms with Gasteiger partial charge in [-0.15, -0.1) is 12.4 Å². The third-order valence-electron chi connectivity index (χ3n) is 2.76. The standard InChI is InChI=1S/C14H21N3O2.ClH/c1-4-13(18)16-12-7-5-6-11(10-12)14(19)17(3)9-8-15-2;/h5-7,10,15H,4,8-9H2,1-3H3,(H,16,18);1H. The van der Waals surface area contributed by atoms with Crippen molar-refractivity contribution in [3.8, 4) is 0 Å². The van der Waals surface area contributed by atoms with E-state index in [0.717, 1.165) is 6.54 Å². The second kappa shape index (κ2) is 9.34. The van der Waals surface area contributed by atoms with Gasteiger partial charge in [-0.25, -0.2) is 0 Å². The minimum Gasteiger partial charge on any atom is -0.340 e. The third kappa shape index (κ3) is 5.59. The number of nitrogens with zero attached hydrogens (tertiary/aromatic N) is 1. The molecule has 0 aliphatic carbocycles. The summed E-state index contributed by atoms with van der Waals surface area (Å²) in [4.78, 5) is 25.1. The molecular weight excluding hydrogens is 278 g/mol. The summed E-state index contributed by atoms with van der Waals surface area (Å²) in [6, 6.07) is 6.99. The maximum Gasteiger partial charge on any atom is 0.253 e. The number of hydrogen-bond donors (Lipinski definition) is 2.